The first-order valence-corrected chi connectivity index (χ1v) is 6.57. The average Bonchev–Trinajstić information content (AvgIpc) is 2.40. The standard InChI is InChI=1S/C14H13ClF4O2/c15-6-1-3-11-4-5-12(9-13(11)16)21-8-2-7-20-10-14(17,18)19/h4-5,9H,2,6-8,10H2. The molecule has 0 amide bonds. The highest BCUT2D eigenvalue weighted by molar-refractivity contribution is 6.19. The molecule has 7 heteroatoms. The van der Waals surface area contributed by atoms with Crippen molar-refractivity contribution in [2.75, 3.05) is 25.7 Å². The molecule has 0 aromatic heterocycles. The van der Waals surface area contributed by atoms with Crippen LogP contribution < -0.4 is 4.74 Å². The van der Waals surface area contributed by atoms with Crippen LogP contribution in [-0.4, -0.2) is 31.9 Å². The van der Waals surface area contributed by atoms with E-state index in [1.807, 2.05) is 0 Å². The molecule has 0 spiro atoms. The summed E-state index contributed by atoms with van der Waals surface area (Å²) in [6.07, 6.45) is -4.06. The predicted molar refractivity (Wildman–Crippen MR) is 71.0 cm³/mol. The van der Waals surface area contributed by atoms with E-state index in [1.165, 1.54) is 12.1 Å². The Morgan fingerprint density at radius 1 is 1.19 bits per heavy atom. The Bertz CT molecular complexity index is 506. The van der Waals surface area contributed by atoms with Crippen LogP contribution in [0.1, 0.15) is 12.0 Å². The van der Waals surface area contributed by atoms with Gasteiger partial charge in [0.15, 0.2) is 0 Å². The molecule has 0 bridgehead atoms. The van der Waals surface area contributed by atoms with Crippen LogP contribution in [-0.2, 0) is 4.74 Å². The Morgan fingerprint density at radius 3 is 2.57 bits per heavy atom. The predicted octanol–water partition coefficient (Wildman–Crippen LogP) is 3.76. The Morgan fingerprint density at radius 2 is 1.95 bits per heavy atom. The maximum absolute atomic E-state index is 13.6. The van der Waals surface area contributed by atoms with Gasteiger partial charge >= 0.3 is 6.18 Å². The van der Waals surface area contributed by atoms with E-state index in [0.29, 0.717) is 0 Å². The summed E-state index contributed by atoms with van der Waals surface area (Å²) < 4.78 is 58.5. The quantitative estimate of drug-likeness (QED) is 0.343. The van der Waals surface area contributed by atoms with Crippen LogP contribution in [0.3, 0.4) is 0 Å². The smallest absolute Gasteiger partial charge is 0.411 e. The largest absolute Gasteiger partial charge is 0.493 e. The molecule has 0 saturated carbocycles. The molecule has 2 nitrogen and oxygen atoms in total. The summed E-state index contributed by atoms with van der Waals surface area (Å²) >= 11 is 5.37. The third-order valence-electron chi connectivity index (χ3n) is 2.20. The molecule has 0 saturated heterocycles. The number of rotatable bonds is 6. The van der Waals surface area contributed by atoms with Crippen LogP contribution in [0.5, 0.6) is 5.75 Å². The van der Waals surface area contributed by atoms with Crippen LogP contribution in [0.25, 0.3) is 0 Å². The van der Waals surface area contributed by atoms with E-state index in [4.69, 9.17) is 16.3 Å². The zero-order valence-electron chi connectivity index (χ0n) is 11.0. The SMILES string of the molecule is Fc1cc(OCCCOCC(F)(F)F)ccc1C#CCCl. The highest BCUT2D eigenvalue weighted by Gasteiger charge is 2.27. The van der Waals surface area contributed by atoms with Gasteiger partial charge in [0.1, 0.15) is 18.2 Å². The Labute approximate surface area is 125 Å². The molecular weight excluding hydrogens is 312 g/mol. The summed E-state index contributed by atoms with van der Waals surface area (Å²) in [5.74, 6) is 4.92. The second kappa shape index (κ2) is 8.75. The molecular formula is C14H13ClF4O2. The van der Waals surface area contributed by atoms with Crippen molar-refractivity contribution in [1.82, 2.24) is 0 Å². The maximum Gasteiger partial charge on any atom is 0.411 e. The Kier molecular flexibility index (Phi) is 7.34. The summed E-state index contributed by atoms with van der Waals surface area (Å²) in [6, 6.07) is 4.14. The first-order chi connectivity index (χ1) is 9.92. The Balaban J connectivity index is 2.31. The molecule has 0 radical (unpaired) electrons. The first kappa shape index (κ1) is 17.6. The van der Waals surface area contributed by atoms with Crippen molar-refractivity contribution >= 4 is 11.6 Å². The van der Waals surface area contributed by atoms with E-state index >= 15 is 0 Å². The molecule has 0 fully saturated rings. The van der Waals surface area contributed by atoms with E-state index in [9.17, 15) is 17.6 Å². The zero-order valence-corrected chi connectivity index (χ0v) is 11.7. The van der Waals surface area contributed by atoms with Gasteiger partial charge in [-0.15, -0.1) is 11.6 Å². The first-order valence-electron chi connectivity index (χ1n) is 6.04. The van der Waals surface area contributed by atoms with Gasteiger partial charge in [-0.1, -0.05) is 11.8 Å². The second-order valence-electron chi connectivity index (χ2n) is 3.95. The highest BCUT2D eigenvalue weighted by Crippen LogP contribution is 2.17. The normalized spacial score (nSPS) is 10.9. The second-order valence-corrected chi connectivity index (χ2v) is 4.21. The van der Waals surface area contributed by atoms with Crippen molar-refractivity contribution < 1.29 is 27.0 Å². The van der Waals surface area contributed by atoms with Gasteiger partial charge in [-0.05, 0) is 12.1 Å². The molecule has 0 atom stereocenters. The minimum absolute atomic E-state index is 0.0821. The maximum atomic E-state index is 13.6. The third-order valence-corrected chi connectivity index (χ3v) is 2.33. The molecule has 116 valence electrons. The van der Waals surface area contributed by atoms with Crippen LogP contribution >= 0.6 is 11.6 Å². The molecule has 1 aromatic carbocycles. The van der Waals surface area contributed by atoms with Gasteiger partial charge in [-0.3, -0.25) is 0 Å². The van der Waals surface area contributed by atoms with Crippen LogP contribution in [0.4, 0.5) is 17.6 Å². The molecule has 0 heterocycles. The van der Waals surface area contributed by atoms with Gasteiger partial charge in [-0.25, -0.2) is 4.39 Å². The molecule has 0 N–H and O–H groups in total. The van der Waals surface area contributed by atoms with E-state index in [0.717, 1.165) is 6.07 Å². The molecule has 0 aliphatic heterocycles. The van der Waals surface area contributed by atoms with Gasteiger partial charge in [0.25, 0.3) is 0 Å². The molecule has 1 aromatic rings. The minimum atomic E-state index is -4.33. The van der Waals surface area contributed by atoms with Crippen molar-refractivity contribution in [3.8, 4) is 17.6 Å². The topological polar surface area (TPSA) is 18.5 Å². The van der Waals surface area contributed by atoms with Gasteiger partial charge < -0.3 is 9.47 Å². The highest BCUT2D eigenvalue weighted by atomic mass is 35.5. The molecule has 0 unspecified atom stereocenters. The summed E-state index contributed by atoms with van der Waals surface area (Å²) in [7, 11) is 0. The molecule has 21 heavy (non-hydrogen) atoms. The molecule has 0 aliphatic carbocycles. The van der Waals surface area contributed by atoms with E-state index in [-0.39, 0.29) is 36.8 Å². The summed E-state index contributed by atoms with van der Waals surface area (Å²) in [4.78, 5) is 0. The third kappa shape index (κ3) is 7.78. The lowest BCUT2D eigenvalue weighted by atomic mass is 10.2. The summed E-state index contributed by atoms with van der Waals surface area (Å²) in [6.45, 7) is -1.24. The number of hydrogen-bond acceptors (Lipinski definition) is 2. The van der Waals surface area contributed by atoms with Crippen molar-refractivity contribution in [2.24, 2.45) is 0 Å². The molecule has 0 aliphatic rings. The van der Waals surface area contributed by atoms with Crippen molar-refractivity contribution in [2.45, 2.75) is 12.6 Å². The van der Waals surface area contributed by atoms with Crippen molar-refractivity contribution in [3.63, 3.8) is 0 Å². The van der Waals surface area contributed by atoms with E-state index in [2.05, 4.69) is 16.6 Å². The van der Waals surface area contributed by atoms with E-state index < -0.39 is 18.6 Å². The van der Waals surface area contributed by atoms with E-state index in [1.54, 1.807) is 0 Å². The lowest BCUT2D eigenvalue weighted by Gasteiger charge is -2.09. The number of ether oxygens (including phenoxy) is 2. The number of alkyl halides is 4. The van der Waals surface area contributed by atoms with Gasteiger partial charge in [-0.2, -0.15) is 13.2 Å². The number of benzene rings is 1. The fourth-order valence-electron chi connectivity index (χ4n) is 1.35. The van der Waals surface area contributed by atoms with Crippen molar-refractivity contribution in [3.05, 3.63) is 29.6 Å². The lowest BCUT2D eigenvalue weighted by Crippen LogP contribution is -2.18. The minimum Gasteiger partial charge on any atom is -0.493 e. The number of halogens is 5. The van der Waals surface area contributed by atoms with Crippen LogP contribution in [0.2, 0.25) is 0 Å². The van der Waals surface area contributed by atoms with Crippen molar-refractivity contribution in [1.29, 1.82) is 0 Å². The summed E-state index contributed by atoms with van der Waals surface area (Å²) in [5.41, 5.74) is 0.205. The fourth-order valence-corrected chi connectivity index (χ4v) is 1.42. The Hall–Kier alpha value is -1.45. The monoisotopic (exact) mass is 324 g/mol. The summed E-state index contributed by atoms with van der Waals surface area (Å²) in [5, 5.41) is 0. The lowest BCUT2D eigenvalue weighted by molar-refractivity contribution is -0.174. The zero-order chi connectivity index (χ0) is 15.7. The molecule has 1 rings (SSSR count). The van der Waals surface area contributed by atoms with Gasteiger partial charge in [0.05, 0.1) is 24.7 Å². The number of hydrogen-bond donors (Lipinski definition) is 0. The van der Waals surface area contributed by atoms with Crippen LogP contribution in [0.15, 0.2) is 18.2 Å². The van der Waals surface area contributed by atoms with Gasteiger partial charge in [0, 0.05) is 12.5 Å². The van der Waals surface area contributed by atoms with Crippen LogP contribution in [0, 0.1) is 17.7 Å². The average molecular weight is 325 g/mol. The van der Waals surface area contributed by atoms with Gasteiger partial charge in [0.2, 0.25) is 0 Å². The fraction of sp³-hybridized carbons (Fsp3) is 0.429.